The van der Waals surface area contributed by atoms with Crippen molar-refractivity contribution in [1.29, 1.82) is 0 Å². The number of aromatic nitrogens is 1. The lowest BCUT2D eigenvalue weighted by molar-refractivity contribution is 0.793. The van der Waals surface area contributed by atoms with Gasteiger partial charge in [0.2, 0.25) is 0 Å². The number of para-hydroxylation sites is 1. The van der Waals surface area contributed by atoms with E-state index in [4.69, 9.17) is 23.2 Å². The quantitative estimate of drug-likeness (QED) is 0.664. The van der Waals surface area contributed by atoms with Crippen LogP contribution in [0.25, 0.3) is 10.9 Å². The number of rotatable bonds is 4. The van der Waals surface area contributed by atoms with Gasteiger partial charge in [0.25, 0.3) is 0 Å². The largest absolute Gasteiger partial charge is 0.380 e. The SMILES string of the molecule is CCn1cc(CNc2cc(Cl)ccc2Cl)c2ccccc21. The monoisotopic (exact) mass is 318 g/mol. The maximum atomic E-state index is 6.19. The molecular weight excluding hydrogens is 303 g/mol. The summed E-state index contributed by atoms with van der Waals surface area (Å²) in [6, 6.07) is 13.9. The minimum atomic E-state index is 0.679. The zero-order valence-corrected chi connectivity index (χ0v) is 13.2. The molecule has 4 heteroatoms. The molecule has 0 fully saturated rings. The van der Waals surface area contributed by atoms with E-state index in [1.54, 1.807) is 6.07 Å². The normalized spacial score (nSPS) is 11.0. The fourth-order valence-electron chi connectivity index (χ4n) is 2.55. The number of benzene rings is 2. The number of nitrogens with zero attached hydrogens (tertiary/aromatic N) is 1. The highest BCUT2D eigenvalue weighted by Gasteiger charge is 2.08. The maximum Gasteiger partial charge on any atom is 0.0638 e. The molecule has 0 saturated heterocycles. The lowest BCUT2D eigenvalue weighted by Gasteiger charge is -2.08. The van der Waals surface area contributed by atoms with Crippen molar-refractivity contribution in [3.8, 4) is 0 Å². The summed E-state index contributed by atoms with van der Waals surface area (Å²) in [5.74, 6) is 0. The van der Waals surface area contributed by atoms with E-state index < -0.39 is 0 Å². The Morgan fingerprint density at radius 3 is 2.71 bits per heavy atom. The Morgan fingerprint density at radius 2 is 1.90 bits per heavy atom. The Morgan fingerprint density at radius 1 is 1.10 bits per heavy atom. The molecule has 1 aromatic heterocycles. The highest BCUT2D eigenvalue weighted by atomic mass is 35.5. The third-order valence-corrected chi connectivity index (χ3v) is 4.17. The molecule has 0 atom stereocenters. The van der Waals surface area contributed by atoms with Crippen LogP contribution in [0.2, 0.25) is 10.0 Å². The molecule has 21 heavy (non-hydrogen) atoms. The zero-order chi connectivity index (χ0) is 14.8. The van der Waals surface area contributed by atoms with Crippen molar-refractivity contribution in [2.24, 2.45) is 0 Å². The van der Waals surface area contributed by atoms with Crippen LogP contribution in [0, 0.1) is 0 Å². The van der Waals surface area contributed by atoms with E-state index in [0.29, 0.717) is 16.6 Å². The topological polar surface area (TPSA) is 17.0 Å². The van der Waals surface area contributed by atoms with Gasteiger partial charge in [-0.1, -0.05) is 41.4 Å². The molecule has 0 saturated carbocycles. The molecule has 3 aromatic rings. The number of halogens is 2. The Labute approximate surface area is 134 Å². The molecule has 0 aliphatic heterocycles. The van der Waals surface area contributed by atoms with E-state index in [0.717, 1.165) is 12.2 Å². The summed E-state index contributed by atoms with van der Waals surface area (Å²) >= 11 is 12.2. The second-order valence-corrected chi connectivity index (χ2v) is 5.78. The fraction of sp³-hybridized carbons (Fsp3) is 0.176. The fourth-order valence-corrected chi connectivity index (χ4v) is 2.91. The first-order valence-corrected chi connectivity index (χ1v) is 7.70. The Bertz CT molecular complexity index is 778. The zero-order valence-electron chi connectivity index (χ0n) is 11.7. The van der Waals surface area contributed by atoms with Gasteiger partial charge in [0, 0.05) is 35.2 Å². The maximum absolute atomic E-state index is 6.19. The van der Waals surface area contributed by atoms with Crippen LogP contribution >= 0.6 is 23.2 Å². The number of fused-ring (bicyclic) bond motifs is 1. The minimum Gasteiger partial charge on any atom is -0.380 e. The van der Waals surface area contributed by atoms with Crippen molar-refractivity contribution < 1.29 is 0 Å². The number of aryl methyl sites for hydroxylation is 1. The van der Waals surface area contributed by atoms with Gasteiger partial charge >= 0.3 is 0 Å². The molecule has 1 heterocycles. The van der Waals surface area contributed by atoms with Gasteiger partial charge in [0.05, 0.1) is 10.7 Å². The van der Waals surface area contributed by atoms with Crippen molar-refractivity contribution >= 4 is 39.8 Å². The standard InChI is InChI=1S/C17H16Cl2N2/c1-2-21-11-12(14-5-3-4-6-17(14)21)10-20-16-9-13(18)7-8-15(16)19/h3-9,11,20H,2,10H2,1H3. The number of nitrogens with one attached hydrogen (secondary N) is 1. The van der Waals surface area contributed by atoms with Crippen LogP contribution in [0.1, 0.15) is 12.5 Å². The van der Waals surface area contributed by atoms with Crippen LogP contribution < -0.4 is 5.32 Å². The van der Waals surface area contributed by atoms with Gasteiger partial charge in [0.1, 0.15) is 0 Å². The van der Waals surface area contributed by atoms with Crippen molar-refractivity contribution in [1.82, 2.24) is 4.57 Å². The second-order valence-electron chi connectivity index (χ2n) is 4.94. The smallest absolute Gasteiger partial charge is 0.0638 e. The van der Waals surface area contributed by atoms with Crippen molar-refractivity contribution in [2.45, 2.75) is 20.0 Å². The van der Waals surface area contributed by atoms with Gasteiger partial charge in [-0.3, -0.25) is 0 Å². The van der Waals surface area contributed by atoms with Gasteiger partial charge < -0.3 is 9.88 Å². The van der Waals surface area contributed by atoms with E-state index in [2.05, 4.69) is 47.3 Å². The van der Waals surface area contributed by atoms with Crippen LogP contribution in [0.15, 0.2) is 48.7 Å². The molecule has 2 nitrogen and oxygen atoms in total. The molecule has 0 unspecified atom stereocenters. The van der Waals surface area contributed by atoms with Gasteiger partial charge in [-0.05, 0) is 36.8 Å². The average molecular weight is 319 g/mol. The Kier molecular flexibility index (Phi) is 4.09. The predicted octanol–water partition coefficient (Wildman–Crippen LogP) is 5.58. The summed E-state index contributed by atoms with van der Waals surface area (Å²) in [4.78, 5) is 0. The molecule has 0 aliphatic rings. The van der Waals surface area contributed by atoms with Crippen LogP contribution in [-0.4, -0.2) is 4.57 Å². The van der Waals surface area contributed by atoms with Crippen LogP contribution in [0.3, 0.4) is 0 Å². The third-order valence-electron chi connectivity index (χ3n) is 3.61. The number of anilines is 1. The number of hydrogen-bond acceptors (Lipinski definition) is 1. The first kappa shape index (κ1) is 14.3. The minimum absolute atomic E-state index is 0.679. The Balaban J connectivity index is 1.90. The predicted molar refractivity (Wildman–Crippen MR) is 91.4 cm³/mol. The third kappa shape index (κ3) is 2.87. The van der Waals surface area contributed by atoms with E-state index in [9.17, 15) is 0 Å². The van der Waals surface area contributed by atoms with Gasteiger partial charge in [-0.2, -0.15) is 0 Å². The highest BCUT2D eigenvalue weighted by molar-refractivity contribution is 6.35. The molecule has 0 aliphatic carbocycles. The van der Waals surface area contributed by atoms with Crippen LogP contribution in [0.4, 0.5) is 5.69 Å². The van der Waals surface area contributed by atoms with Gasteiger partial charge in [-0.15, -0.1) is 0 Å². The molecular formula is C17H16Cl2N2. The van der Waals surface area contributed by atoms with E-state index >= 15 is 0 Å². The lowest BCUT2D eigenvalue weighted by Crippen LogP contribution is -1.99. The summed E-state index contributed by atoms with van der Waals surface area (Å²) in [5.41, 5.74) is 3.37. The molecule has 0 spiro atoms. The Hall–Kier alpha value is -1.64. The summed E-state index contributed by atoms with van der Waals surface area (Å²) in [6.07, 6.45) is 2.19. The molecule has 2 aromatic carbocycles. The summed E-state index contributed by atoms with van der Waals surface area (Å²) < 4.78 is 2.26. The molecule has 0 radical (unpaired) electrons. The van der Waals surface area contributed by atoms with Gasteiger partial charge in [0.15, 0.2) is 0 Å². The van der Waals surface area contributed by atoms with Gasteiger partial charge in [-0.25, -0.2) is 0 Å². The average Bonchev–Trinajstić information content (AvgIpc) is 2.86. The number of hydrogen-bond donors (Lipinski definition) is 1. The van der Waals surface area contributed by atoms with Crippen molar-refractivity contribution in [3.63, 3.8) is 0 Å². The highest BCUT2D eigenvalue weighted by Crippen LogP contribution is 2.27. The van der Waals surface area contributed by atoms with Crippen LogP contribution in [-0.2, 0) is 13.1 Å². The first-order chi connectivity index (χ1) is 10.2. The van der Waals surface area contributed by atoms with Crippen molar-refractivity contribution in [3.05, 3.63) is 64.3 Å². The molecule has 108 valence electrons. The summed E-state index contributed by atoms with van der Waals surface area (Å²) in [7, 11) is 0. The summed E-state index contributed by atoms with van der Waals surface area (Å²) in [5, 5.41) is 6.00. The molecule has 1 N–H and O–H groups in total. The molecule has 3 rings (SSSR count). The van der Waals surface area contributed by atoms with Crippen molar-refractivity contribution in [2.75, 3.05) is 5.32 Å². The summed E-state index contributed by atoms with van der Waals surface area (Å²) in [6.45, 7) is 3.82. The molecule has 0 amide bonds. The molecule has 0 bridgehead atoms. The van der Waals surface area contributed by atoms with E-state index in [1.807, 2.05) is 12.1 Å². The first-order valence-electron chi connectivity index (χ1n) is 6.94. The van der Waals surface area contributed by atoms with E-state index in [-0.39, 0.29) is 0 Å². The van der Waals surface area contributed by atoms with Crippen LogP contribution in [0.5, 0.6) is 0 Å². The second kappa shape index (κ2) is 6.00. The van der Waals surface area contributed by atoms with E-state index in [1.165, 1.54) is 16.5 Å². The lowest BCUT2D eigenvalue weighted by atomic mass is 10.2.